The highest BCUT2D eigenvalue weighted by molar-refractivity contribution is 5.70. The molecule has 1 rings (SSSR count). The van der Waals surface area contributed by atoms with Crippen molar-refractivity contribution in [2.75, 3.05) is 65.9 Å². The standard InChI is InChI=1S/C57H103NO11/c1-6-11-15-19-22-28-35-50(34-27-18-14-9-4)45-65-53(59)37-29-23-24-30-38-54(60)66-47-52(49-69-57(62)68-46-51-36-33-41-58(10-5)44-51)48-67-55(61)39-40-56(63-42-31-25-20-16-12-7-2)64-43-32-26-21-17-13-8-3/h12-13,16-17,50-52,56H,6-11,14-15,18-49H2,1-5H3/b16-12-,17-13-. The molecule has 0 saturated carbocycles. The molecule has 1 saturated heterocycles. The van der Waals surface area contributed by atoms with E-state index in [0.717, 1.165) is 116 Å². The fourth-order valence-electron chi connectivity index (χ4n) is 8.44. The Morgan fingerprint density at radius 3 is 1.55 bits per heavy atom. The lowest BCUT2D eigenvalue weighted by Crippen LogP contribution is -2.37. The summed E-state index contributed by atoms with van der Waals surface area (Å²) in [4.78, 5) is 53.6. The largest absolute Gasteiger partial charge is 0.508 e. The first kappa shape index (κ1) is 64.1. The smallest absolute Gasteiger partial charge is 0.465 e. The van der Waals surface area contributed by atoms with Crippen molar-refractivity contribution in [1.82, 2.24) is 4.90 Å². The predicted octanol–water partition coefficient (Wildman–Crippen LogP) is 14.2. The number of carbonyl (C=O) groups excluding carboxylic acids is 4. The summed E-state index contributed by atoms with van der Waals surface area (Å²) in [5.74, 6) is -0.811. The number of rotatable bonds is 47. The second kappa shape index (κ2) is 47.4. The Labute approximate surface area is 421 Å². The number of esters is 3. The number of unbranched alkanes of at least 4 members (excludes halogenated alkanes) is 15. The van der Waals surface area contributed by atoms with Crippen LogP contribution in [0.25, 0.3) is 0 Å². The first-order chi connectivity index (χ1) is 33.7. The van der Waals surface area contributed by atoms with E-state index in [1.54, 1.807) is 0 Å². The number of piperidine rings is 1. The van der Waals surface area contributed by atoms with Crippen molar-refractivity contribution in [3.63, 3.8) is 0 Å². The highest BCUT2D eigenvalue weighted by Gasteiger charge is 2.23. The Balaban J connectivity index is 2.62. The van der Waals surface area contributed by atoms with E-state index in [1.165, 1.54) is 64.2 Å². The second-order valence-electron chi connectivity index (χ2n) is 19.3. The number of ether oxygens (including phenoxy) is 7. The fourth-order valence-corrected chi connectivity index (χ4v) is 8.44. The van der Waals surface area contributed by atoms with Gasteiger partial charge in [-0.25, -0.2) is 4.79 Å². The molecule has 1 fully saturated rings. The van der Waals surface area contributed by atoms with Gasteiger partial charge in [-0.1, -0.05) is 136 Å². The number of hydrogen-bond donors (Lipinski definition) is 0. The van der Waals surface area contributed by atoms with Crippen LogP contribution in [-0.4, -0.2) is 101 Å². The molecule has 1 heterocycles. The number of likely N-dealkylation sites (tertiary alicyclic amines) is 1. The fraction of sp³-hybridized carbons (Fsp3) is 0.860. The van der Waals surface area contributed by atoms with Crippen molar-refractivity contribution in [2.24, 2.45) is 17.8 Å². The lowest BCUT2D eigenvalue weighted by Gasteiger charge is -2.31. The average Bonchev–Trinajstić information content (AvgIpc) is 3.36. The summed E-state index contributed by atoms with van der Waals surface area (Å²) < 4.78 is 40.1. The van der Waals surface area contributed by atoms with Crippen molar-refractivity contribution in [3.05, 3.63) is 24.3 Å². The number of hydrogen-bond acceptors (Lipinski definition) is 12. The van der Waals surface area contributed by atoms with Crippen molar-refractivity contribution >= 4 is 24.1 Å². The summed E-state index contributed by atoms with van der Waals surface area (Å²) in [6, 6.07) is 0. The van der Waals surface area contributed by atoms with Crippen LogP contribution < -0.4 is 0 Å². The van der Waals surface area contributed by atoms with Crippen LogP contribution >= 0.6 is 0 Å². The maximum atomic E-state index is 13.1. The zero-order valence-electron chi connectivity index (χ0n) is 44.8. The third kappa shape index (κ3) is 40.3. The molecule has 0 aromatic heterocycles. The molecule has 0 N–H and O–H groups in total. The first-order valence-electron chi connectivity index (χ1n) is 28.3. The molecule has 0 radical (unpaired) electrons. The van der Waals surface area contributed by atoms with Gasteiger partial charge in [-0.05, 0) is 109 Å². The maximum Gasteiger partial charge on any atom is 0.508 e. The molecule has 12 heteroatoms. The minimum atomic E-state index is -0.787. The molecule has 1 aliphatic heterocycles. The van der Waals surface area contributed by atoms with Gasteiger partial charge < -0.3 is 38.1 Å². The molecular formula is C57H103NO11. The molecule has 0 spiro atoms. The van der Waals surface area contributed by atoms with Crippen molar-refractivity contribution in [3.8, 4) is 0 Å². The van der Waals surface area contributed by atoms with E-state index in [-0.39, 0.29) is 57.1 Å². The van der Waals surface area contributed by atoms with Gasteiger partial charge in [0.2, 0.25) is 0 Å². The van der Waals surface area contributed by atoms with Crippen LogP contribution in [0.4, 0.5) is 4.79 Å². The van der Waals surface area contributed by atoms with Gasteiger partial charge in [-0.15, -0.1) is 0 Å². The van der Waals surface area contributed by atoms with E-state index in [2.05, 4.69) is 63.8 Å². The van der Waals surface area contributed by atoms with Gasteiger partial charge >= 0.3 is 24.1 Å². The van der Waals surface area contributed by atoms with Crippen LogP contribution in [0.3, 0.4) is 0 Å². The zero-order chi connectivity index (χ0) is 50.3. The summed E-state index contributed by atoms with van der Waals surface area (Å²) in [7, 11) is 0. The Kier molecular flexibility index (Phi) is 44.0. The monoisotopic (exact) mass is 978 g/mol. The van der Waals surface area contributed by atoms with E-state index >= 15 is 0 Å². The molecule has 3 unspecified atom stereocenters. The quantitative estimate of drug-likeness (QED) is 0.0189. The molecular weight excluding hydrogens is 875 g/mol. The van der Waals surface area contributed by atoms with Gasteiger partial charge in [-0.2, -0.15) is 0 Å². The third-order valence-corrected chi connectivity index (χ3v) is 12.8. The Morgan fingerprint density at radius 1 is 0.507 bits per heavy atom. The normalized spacial score (nSPS) is 15.2. The topological polar surface area (TPSA) is 136 Å². The molecule has 0 amide bonds. The molecule has 12 nitrogen and oxygen atoms in total. The molecule has 1 aliphatic rings. The van der Waals surface area contributed by atoms with E-state index in [9.17, 15) is 19.2 Å². The van der Waals surface area contributed by atoms with Crippen LogP contribution in [0.15, 0.2) is 24.3 Å². The van der Waals surface area contributed by atoms with Crippen molar-refractivity contribution in [2.45, 2.75) is 234 Å². The van der Waals surface area contributed by atoms with Crippen LogP contribution in [0, 0.1) is 17.8 Å². The highest BCUT2D eigenvalue weighted by Crippen LogP contribution is 2.21. The van der Waals surface area contributed by atoms with Gasteiger partial charge in [0.15, 0.2) is 6.29 Å². The van der Waals surface area contributed by atoms with Gasteiger partial charge in [-0.3, -0.25) is 14.4 Å². The Morgan fingerprint density at radius 2 is 1.00 bits per heavy atom. The lowest BCUT2D eigenvalue weighted by atomic mass is 9.95. The third-order valence-electron chi connectivity index (χ3n) is 12.8. The maximum absolute atomic E-state index is 13.1. The SMILES string of the molecule is CC/C=C\CCCCOC(CCC(=O)OCC(COC(=O)CCCCCCC(=O)OCC(CCCCCC)CCCCCCCC)COC(=O)OCC1CCCN(CC)C1)OCCCC/C=C\CC. The number of allylic oxidation sites excluding steroid dienone is 4. The van der Waals surface area contributed by atoms with Crippen LogP contribution in [0.2, 0.25) is 0 Å². The molecule has 0 aliphatic carbocycles. The average molecular weight is 978 g/mol. The van der Waals surface area contributed by atoms with E-state index < -0.39 is 24.3 Å². The van der Waals surface area contributed by atoms with Gasteiger partial charge in [0.25, 0.3) is 0 Å². The number of carbonyl (C=O) groups is 4. The van der Waals surface area contributed by atoms with Crippen LogP contribution in [-0.2, 0) is 47.5 Å². The number of nitrogens with zero attached hydrogens (tertiary/aromatic N) is 1. The first-order valence-corrected chi connectivity index (χ1v) is 28.3. The van der Waals surface area contributed by atoms with Gasteiger partial charge in [0, 0.05) is 44.9 Å². The van der Waals surface area contributed by atoms with Crippen LogP contribution in [0.5, 0.6) is 0 Å². The minimum absolute atomic E-state index is 0.0759. The summed E-state index contributed by atoms with van der Waals surface area (Å²) in [5.41, 5.74) is 0. The second-order valence-corrected chi connectivity index (χ2v) is 19.3. The zero-order valence-corrected chi connectivity index (χ0v) is 44.8. The molecule has 69 heavy (non-hydrogen) atoms. The molecule has 0 aromatic rings. The summed E-state index contributed by atoms with van der Waals surface area (Å²) in [6.45, 7) is 15.4. The lowest BCUT2D eigenvalue weighted by molar-refractivity contribution is -0.161. The highest BCUT2D eigenvalue weighted by atomic mass is 16.7. The molecule has 3 atom stereocenters. The van der Waals surface area contributed by atoms with Crippen LogP contribution in [0.1, 0.15) is 227 Å². The van der Waals surface area contributed by atoms with Crippen molar-refractivity contribution < 1.29 is 52.3 Å². The molecule has 0 aromatic carbocycles. The molecule has 0 bridgehead atoms. The molecule has 402 valence electrons. The van der Waals surface area contributed by atoms with E-state index in [4.69, 9.17) is 33.2 Å². The summed E-state index contributed by atoms with van der Waals surface area (Å²) in [5, 5.41) is 0. The Hall–Kier alpha value is -2.96. The Bertz CT molecular complexity index is 1270. The summed E-state index contributed by atoms with van der Waals surface area (Å²) in [6.07, 6.45) is 36.2. The van der Waals surface area contributed by atoms with E-state index in [1.807, 2.05) is 0 Å². The van der Waals surface area contributed by atoms with Gasteiger partial charge in [0.05, 0.1) is 25.6 Å². The van der Waals surface area contributed by atoms with E-state index in [0.29, 0.717) is 45.0 Å². The van der Waals surface area contributed by atoms with Crippen molar-refractivity contribution in [1.29, 1.82) is 0 Å². The summed E-state index contributed by atoms with van der Waals surface area (Å²) >= 11 is 0. The predicted molar refractivity (Wildman–Crippen MR) is 278 cm³/mol. The van der Waals surface area contributed by atoms with Gasteiger partial charge in [0.1, 0.15) is 19.8 Å². The minimum Gasteiger partial charge on any atom is -0.465 e.